The van der Waals surface area contributed by atoms with Gasteiger partial charge in [0.25, 0.3) is 5.56 Å². The SMILES string of the molecule is Cc1csc(-c2cc(=O)n(C)c3ncc(C(F)(c4ccc(Cl)cc4)c4cncn4C)cc23)c1. The maximum absolute atomic E-state index is 17.3. The zero-order chi connectivity index (χ0) is 23.3. The third-order valence-electron chi connectivity index (χ3n) is 5.88. The molecule has 0 amide bonds. The quantitative estimate of drug-likeness (QED) is 0.337. The van der Waals surface area contributed by atoms with Gasteiger partial charge in [-0.25, -0.2) is 14.4 Å². The van der Waals surface area contributed by atoms with Crippen molar-refractivity contribution in [2.75, 3.05) is 0 Å². The fourth-order valence-electron chi connectivity index (χ4n) is 4.12. The zero-order valence-corrected chi connectivity index (χ0v) is 19.8. The van der Waals surface area contributed by atoms with Crippen molar-refractivity contribution in [3.8, 4) is 10.4 Å². The second-order valence-corrected chi connectivity index (χ2v) is 9.44. The minimum absolute atomic E-state index is 0.167. The Labute approximate surface area is 198 Å². The zero-order valence-electron chi connectivity index (χ0n) is 18.2. The van der Waals surface area contributed by atoms with E-state index in [1.54, 1.807) is 72.7 Å². The van der Waals surface area contributed by atoms with Crippen molar-refractivity contribution in [2.45, 2.75) is 12.6 Å². The number of aromatic nitrogens is 4. The Kier molecular flexibility index (Phi) is 5.18. The van der Waals surface area contributed by atoms with E-state index in [0.29, 0.717) is 32.9 Å². The lowest BCUT2D eigenvalue weighted by Crippen LogP contribution is -2.27. The van der Waals surface area contributed by atoms with Gasteiger partial charge in [0, 0.05) is 52.8 Å². The average Bonchev–Trinajstić information content (AvgIpc) is 3.44. The van der Waals surface area contributed by atoms with Gasteiger partial charge in [-0.05, 0) is 47.7 Å². The van der Waals surface area contributed by atoms with Gasteiger partial charge in [0.15, 0.2) is 0 Å². The van der Waals surface area contributed by atoms with E-state index >= 15 is 4.39 Å². The average molecular weight is 479 g/mol. The number of thiophene rings is 1. The molecule has 4 aromatic heterocycles. The first-order valence-electron chi connectivity index (χ1n) is 10.3. The lowest BCUT2D eigenvalue weighted by Gasteiger charge is -2.27. The number of benzene rings is 1. The van der Waals surface area contributed by atoms with E-state index in [2.05, 4.69) is 9.97 Å². The smallest absolute Gasteiger partial charge is 0.252 e. The highest BCUT2D eigenvalue weighted by atomic mass is 35.5. The van der Waals surface area contributed by atoms with E-state index in [1.165, 1.54) is 17.0 Å². The van der Waals surface area contributed by atoms with Crippen LogP contribution in [-0.2, 0) is 19.8 Å². The number of pyridine rings is 2. The first kappa shape index (κ1) is 21.6. The number of aryl methyl sites for hydroxylation is 3. The highest BCUT2D eigenvalue weighted by molar-refractivity contribution is 7.13. The van der Waals surface area contributed by atoms with E-state index in [0.717, 1.165) is 16.0 Å². The molecule has 0 aliphatic carbocycles. The van der Waals surface area contributed by atoms with Crippen molar-refractivity contribution in [3.63, 3.8) is 0 Å². The van der Waals surface area contributed by atoms with Crippen molar-refractivity contribution >= 4 is 34.0 Å². The Morgan fingerprint density at radius 3 is 2.45 bits per heavy atom. The highest BCUT2D eigenvalue weighted by Gasteiger charge is 2.40. The summed E-state index contributed by atoms with van der Waals surface area (Å²) in [5.74, 6) is 0. The number of hydrogen-bond donors (Lipinski definition) is 0. The molecule has 0 saturated carbocycles. The third-order valence-corrected chi connectivity index (χ3v) is 7.21. The lowest BCUT2D eigenvalue weighted by molar-refractivity contribution is 0.266. The second kappa shape index (κ2) is 7.93. The number of fused-ring (bicyclic) bond motifs is 1. The minimum Gasteiger partial charge on any atom is -0.334 e. The van der Waals surface area contributed by atoms with Crippen LogP contribution in [0.4, 0.5) is 4.39 Å². The maximum Gasteiger partial charge on any atom is 0.252 e. The number of rotatable bonds is 4. The standard InChI is InChI=1S/C25H20ClFN4OS/c1-15-8-21(33-13-15)19-10-23(32)31(3)24-20(19)9-17(11-29-24)25(27,22-12-28-14-30(22)2)16-4-6-18(26)7-5-16/h4-14H,1-3H3. The molecule has 5 rings (SSSR count). The van der Waals surface area contributed by atoms with E-state index < -0.39 is 5.67 Å². The van der Waals surface area contributed by atoms with Crippen LogP contribution in [-0.4, -0.2) is 19.1 Å². The molecular formula is C25H20ClFN4OS. The molecule has 0 spiro atoms. The Morgan fingerprint density at radius 1 is 1.06 bits per heavy atom. The predicted octanol–water partition coefficient (Wildman–Crippen LogP) is 5.62. The summed E-state index contributed by atoms with van der Waals surface area (Å²) in [5.41, 5.74) is 1.26. The van der Waals surface area contributed by atoms with Gasteiger partial charge in [-0.1, -0.05) is 23.7 Å². The molecule has 166 valence electrons. The summed E-state index contributed by atoms with van der Waals surface area (Å²) in [6.07, 6.45) is 4.58. The molecule has 0 aliphatic heterocycles. The number of hydrogen-bond acceptors (Lipinski definition) is 4. The molecule has 8 heteroatoms. The summed E-state index contributed by atoms with van der Waals surface area (Å²) >= 11 is 7.63. The monoisotopic (exact) mass is 478 g/mol. The van der Waals surface area contributed by atoms with Crippen LogP contribution in [0.25, 0.3) is 21.5 Å². The first-order valence-corrected chi connectivity index (χ1v) is 11.5. The molecule has 1 aromatic carbocycles. The largest absolute Gasteiger partial charge is 0.334 e. The Bertz CT molecular complexity index is 1550. The van der Waals surface area contributed by atoms with Crippen LogP contribution in [0.15, 0.2) is 71.4 Å². The van der Waals surface area contributed by atoms with Gasteiger partial charge in [0.2, 0.25) is 5.67 Å². The van der Waals surface area contributed by atoms with Crippen LogP contribution in [0.2, 0.25) is 5.02 Å². The summed E-state index contributed by atoms with van der Waals surface area (Å²) in [7, 11) is 3.43. The van der Waals surface area contributed by atoms with Gasteiger partial charge in [-0.15, -0.1) is 11.3 Å². The second-order valence-electron chi connectivity index (χ2n) is 8.09. The van der Waals surface area contributed by atoms with Gasteiger partial charge < -0.3 is 4.57 Å². The summed E-state index contributed by atoms with van der Waals surface area (Å²) in [4.78, 5) is 22.3. The van der Waals surface area contributed by atoms with Gasteiger partial charge in [-0.2, -0.15) is 0 Å². The van der Waals surface area contributed by atoms with Crippen molar-refractivity contribution in [1.82, 2.24) is 19.1 Å². The molecule has 0 aliphatic rings. The van der Waals surface area contributed by atoms with Gasteiger partial charge in [0.05, 0.1) is 18.2 Å². The molecule has 0 N–H and O–H groups in total. The van der Waals surface area contributed by atoms with Crippen LogP contribution in [0.5, 0.6) is 0 Å². The normalized spacial score (nSPS) is 13.4. The maximum atomic E-state index is 17.3. The molecule has 5 aromatic rings. The molecule has 33 heavy (non-hydrogen) atoms. The number of halogens is 2. The van der Waals surface area contributed by atoms with Gasteiger partial charge in [-0.3, -0.25) is 9.36 Å². The number of nitrogens with zero attached hydrogens (tertiary/aromatic N) is 4. The lowest BCUT2D eigenvalue weighted by atomic mass is 9.85. The molecular weight excluding hydrogens is 459 g/mol. The predicted molar refractivity (Wildman–Crippen MR) is 131 cm³/mol. The van der Waals surface area contributed by atoms with E-state index in [4.69, 9.17) is 11.6 Å². The van der Waals surface area contributed by atoms with Crippen molar-refractivity contribution < 1.29 is 4.39 Å². The summed E-state index contributed by atoms with van der Waals surface area (Å²) in [6.45, 7) is 2.00. The Balaban J connectivity index is 1.83. The topological polar surface area (TPSA) is 52.7 Å². The molecule has 4 heterocycles. The van der Waals surface area contributed by atoms with E-state index in [1.807, 2.05) is 18.4 Å². The number of alkyl halides is 1. The molecule has 0 bridgehead atoms. The van der Waals surface area contributed by atoms with Crippen molar-refractivity contribution in [3.05, 3.63) is 104 Å². The van der Waals surface area contributed by atoms with Crippen molar-refractivity contribution in [1.29, 1.82) is 0 Å². The van der Waals surface area contributed by atoms with Gasteiger partial charge >= 0.3 is 0 Å². The number of imidazole rings is 1. The van der Waals surface area contributed by atoms with E-state index in [9.17, 15) is 4.79 Å². The van der Waals surface area contributed by atoms with Crippen LogP contribution in [0, 0.1) is 6.92 Å². The first-order chi connectivity index (χ1) is 15.8. The third kappa shape index (κ3) is 3.48. The summed E-state index contributed by atoms with van der Waals surface area (Å²) in [5, 5.41) is 3.25. The molecule has 1 unspecified atom stereocenters. The highest BCUT2D eigenvalue weighted by Crippen LogP contribution is 2.42. The molecule has 5 nitrogen and oxygen atoms in total. The molecule has 1 atom stereocenters. The van der Waals surface area contributed by atoms with Gasteiger partial charge in [0.1, 0.15) is 5.65 Å². The van der Waals surface area contributed by atoms with Crippen LogP contribution < -0.4 is 5.56 Å². The summed E-state index contributed by atoms with van der Waals surface area (Å²) in [6, 6.07) is 12.1. The fraction of sp³-hybridized carbons (Fsp3) is 0.160. The van der Waals surface area contributed by atoms with Crippen molar-refractivity contribution in [2.24, 2.45) is 14.1 Å². The Hall–Kier alpha value is -3.29. The Morgan fingerprint density at radius 2 is 1.82 bits per heavy atom. The minimum atomic E-state index is -2.03. The molecule has 0 fully saturated rings. The van der Waals surface area contributed by atoms with Crippen LogP contribution in [0.1, 0.15) is 22.4 Å². The fourth-order valence-corrected chi connectivity index (χ4v) is 5.18. The molecule has 0 saturated heterocycles. The molecule has 0 radical (unpaired) electrons. The summed E-state index contributed by atoms with van der Waals surface area (Å²) < 4.78 is 20.4. The van der Waals surface area contributed by atoms with Crippen LogP contribution in [0.3, 0.4) is 0 Å². The van der Waals surface area contributed by atoms with E-state index in [-0.39, 0.29) is 5.56 Å². The van der Waals surface area contributed by atoms with Crippen LogP contribution >= 0.6 is 22.9 Å².